The van der Waals surface area contributed by atoms with Crippen molar-refractivity contribution in [3.8, 4) is 5.75 Å². The zero-order valence-corrected chi connectivity index (χ0v) is 21.7. The molecule has 2 heterocycles. The van der Waals surface area contributed by atoms with E-state index in [-0.39, 0.29) is 29.7 Å². The highest BCUT2D eigenvalue weighted by Gasteiger charge is 2.23. The minimum Gasteiger partial charge on any atom is -0.480 e. The van der Waals surface area contributed by atoms with E-state index in [0.29, 0.717) is 4.88 Å². The van der Waals surface area contributed by atoms with Crippen LogP contribution in [0.2, 0.25) is 0 Å². The van der Waals surface area contributed by atoms with Gasteiger partial charge in [0.25, 0.3) is 0 Å². The van der Waals surface area contributed by atoms with Crippen molar-refractivity contribution in [3.63, 3.8) is 0 Å². The minimum absolute atomic E-state index is 0.194. The topological polar surface area (TPSA) is 168 Å². The maximum atomic E-state index is 11.8. The van der Waals surface area contributed by atoms with E-state index >= 15 is 0 Å². The molecule has 2 aromatic heterocycles. The summed E-state index contributed by atoms with van der Waals surface area (Å²) in [5.41, 5.74) is 8.71. The molecule has 0 radical (unpaired) electrons. The Hall–Kier alpha value is -2.80. The zero-order valence-electron chi connectivity index (χ0n) is 20.1. The van der Waals surface area contributed by atoms with Gasteiger partial charge in [-0.05, 0) is 64.4 Å². The molecule has 0 unspecified atom stereocenters. The molecule has 12 heteroatoms. The van der Waals surface area contributed by atoms with Crippen LogP contribution < -0.4 is 16.2 Å². The van der Waals surface area contributed by atoms with Gasteiger partial charge in [-0.15, -0.1) is 22.7 Å². The van der Waals surface area contributed by atoms with Crippen molar-refractivity contribution in [2.75, 3.05) is 13.1 Å². The van der Waals surface area contributed by atoms with Crippen molar-refractivity contribution in [1.29, 1.82) is 0 Å². The summed E-state index contributed by atoms with van der Waals surface area (Å²) >= 11 is 2.56. The van der Waals surface area contributed by atoms with Crippen LogP contribution in [-0.2, 0) is 19.1 Å². The molecule has 0 aliphatic carbocycles. The van der Waals surface area contributed by atoms with Gasteiger partial charge in [0, 0.05) is 0 Å². The van der Waals surface area contributed by atoms with E-state index in [0.717, 1.165) is 11.3 Å². The largest absolute Gasteiger partial charge is 0.480 e. The maximum Gasteiger partial charge on any atom is 0.352 e. The maximum absolute atomic E-state index is 11.8. The lowest BCUT2D eigenvalue weighted by Crippen LogP contribution is -2.24. The summed E-state index contributed by atoms with van der Waals surface area (Å²) in [6.07, 6.45) is 0. The molecule has 2 rings (SSSR count). The molecule has 34 heavy (non-hydrogen) atoms. The lowest BCUT2D eigenvalue weighted by Gasteiger charge is -2.19. The summed E-state index contributed by atoms with van der Waals surface area (Å²) in [5, 5.41) is 11.1. The smallest absolute Gasteiger partial charge is 0.352 e. The second-order valence-electron chi connectivity index (χ2n) is 8.37. The predicted molar refractivity (Wildman–Crippen MR) is 130 cm³/mol. The Morgan fingerprint density at radius 3 is 1.79 bits per heavy atom. The third kappa shape index (κ3) is 14.4. The lowest BCUT2D eigenvalue weighted by molar-refractivity contribution is -0.135. The molecule has 0 bridgehead atoms. The fourth-order valence-electron chi connectivity index (χ4n) is 1.74. The summed E-state index contributed by atoms with van der Waals surface area (Å²) in [4.78, 5) is 44.3. The monoisotopic (exact) mass is 516 g/mol. The first-order chi connectivity index (χ1) is 15.6. The fourth-order valence-corrected chi connectivity index (χ4v) is 3.03. The standard InChI is InChI=1S/C11H15NO4S.C9H12O2S.C2H5NO2/c1-11(2,3)16-10(14)9-7(4-5-17-9)15-8(13)6-12;1-9(2,3)11-8(10)7-5-4-6-12-7;3-1-2(4)5/h4-5H,6,12H2,1-3H3;4-6H,1-3H3;1,3H2,(H,4,5). The van der Waals surface area contributed by atoms with Crippen LogP contribution in [0.4, 0.5) is 0 Å². The van der Waals surface area contributed by atoms with E-state index in [4.69, 9.17) is 25.1 Å². The van der Waals surface area contributed by atoms with E-state index in [1.54, 1.807) is 32.2 Å². The summed E-state index contributed by atoms with van der Waals surface area (Å²) in [6.45, 7) is 10.4. The van der Waals surface area contributed by atoms with Crippen LogP contribution in [0.25, 0.3) is 0 Å². The molecule has 0 aliphatic heterocycles. The van der Waals surface area contributed by atoms with Gasteiger partial charge in [0.2, 0.25) is 0 Å². The van der Waals surface area contributed by atoms with Crippen LogP contribution in [0.5, 0.6) is 5.75 Å². The number of aliphatic carboxylic acids is 1. The van der Waals surface area contributed by atoms with Gasteiger partial charge in [-0.25, -0.2) is 9.59 Å². The number of thiophene rings is 2. The average molecular weight is 517 g/mol. The second kappa shape index (κ2) is 14.5. The summed E-state index contributed by atoms with van der Waals surface area (Å²) < 4.78 is 15.3. The van der Waals surface area contributed by atoms with Crippen molar-refractivity contribution in [3.05, 3.63) is 38.7 Å². The number of carbonyl (C=O) groups is 4. The molecule has 0 saturated heterocycles. The fraction of sp³-hybridized carbons (Fsp3) is 0.455. The van der Waals surface area contributed by atoms with Crippen molar-refractivity contribution in [2.24, 2.45) is 11.5 Å². The highest BCUT2D eigenvalue weighted by atomic mass is 32.1. The first-order valence-corrected chi connectivity index (χ1v) is 11.8. The molecule has 0 atom stereocenters. The average Bonchev–Trinajstić information content (AvgIpc) is 3.38. The molecule has 0 amide bonds. The predicted octanol–water partition coefficient (Wildman–Crippen LogP) is 3.30. The molecule has 10 nitrogen and oxygen atoms in total. The SMILES string of the molecule is CC(C)(C)OC(=O)c1cccs1.CC(C)(C)OC(=O)c1sccc1OC(=O)CN.NCC(=O)O. The van der Waals surface area contributed by atoms with Crippen LogP contribution >= 0.6 is 22.7 Å². The van der Waals surface area contributed by atoms with Gasteiger partial charge in [-0.3, -0.25) is 9.59 Å². The van der Waals surface area contributed by atoms with Gasteiger partial charge in [0.15, 0.2) is 10.6 Å². The summed E-state index contributed by atoms with van der Waals surface area (Å²) in [5.74, 6) is -2.11. The number of carbonyl (C=O) groups excluding carboxylic acids is 3. The van der Waals surface area contributed by atoms with E-state index in [1.165, 1.54) is 17.4 Å². The second-order valence-corrected chi connectivity index (χ2v) is 10.2. The third-order valence-electron chi connectivity index (χ3n) is 2.90. The quantitative estimate of drug-likeness (QED) is 0.501. The molecule has 0 aliphatic rings. The number of hydrogen-bond donors (Lipinski definition) is 3. The van der Waals surface area contributed by atoms with Crippen molar-refractivity contribution >= 4 is 46.6 Å². The molecule has 0 fully saturated rings. The van der Waals surface area contributed by atoms with Gasteiger partial charge in [0.1, 0.15) is 16.1 Å². The number of hydrogen-bond acceptors (Lipinski definition) is 11. The zero-order chi connectivity index (χ0) is 26.5. The van der Waals surface area contributed by atoms with Crippen LogP contribution in [0, 0.1) is 0 Å². The molecular weight excluding hydrogens is 484 g/mol. The Bertz CT molecular complexity index is 926. The number of esters is 3. The molecule has 0 spiro atoms. The minimum atomic E-state index is -0.968. The normalized spacial score (nSPS) is 10.6. The van der Waals surface area contributed by atoms with Gasteiger partial charge < -0.3 is 30.8 Å². The Morgan fingerprint density at radius 1 is 0.853 bits per heavy atom. The number of rotatable bonds is 5. The van der Waals surface area contributed by atoms with Crippen LogP contribution in [-0.4, -0.2) is 53.3 Å². The molecule has 5 N–H and O–H groups in total. The number of carboxylic acids is 1. The summed E-state index contributed by atoms with van der Waals surface area (Å²) in [6, 6.07) is 5.14. The molecular formula is C22H32N2O8S2. The molecule has 2 aromatic rings. The van der Waals surface area contributed by atoms with Gasteiger partial charge in [-0.1, -0.05) is 6.07 Å². The molecule has 190 valence electrons. The van der Waals surface area contributed by atoms with Crippen LogP contribution in [0.3, 0.4) is 0 Å². The highest BCUT2D eigenvalue weighted by Crippen LogP contribution is 2.27. The number of nitrogens with two attached hydrogens (primary N) is 2. The van der Waals surface area contributed by atoms with Gasteiger partial charge >= 0.3 is 23.9 Å². The Labute approximate surface area is 206 Å². The Morgan fingerprint density at radius 2 is 1.38 bits per heavy atom. The van der Waals surface area contributed by atoms with Crippen LogP contribution in [0.15, 0.2) is 29.0 Å². The van der Waals surface area contributed by atoms with Gasteiger partial charge in [-0.2, -0.15) is 0 Å². The van der Waals surface area contributed by atoms with E-state index in [1.807, 2.05) is 32.2 Å². The summed E-state index contributed by atoms with van der Waals surface area (Å²) in [7, 11) is 0. The lowest BCUT2D eigenvalue weighted by atomic mass is 10.2. The highest BCUT2D eigenvalue weighted by molar-refractivity contribution is 7.12. The van der Waals surface area contributed by atoms with Gasteiger partial charge in [0.05, 0.1) is 13.1 Å². The first-order valence-electron chi connectivity index (χ1n) is 10.00. The molecule has 0 aromatic carbocycles. The van der Waals surface area contributed by atoms with Crippen molar-refractivity contribution in [2.45, 2.75) is 52.7 Å². The van der Waals surface area contributed by atoms with Crippen LogP contribution in [0.1, 0.15) is 60.9 Å². The van der Waals surface area contributed by atoms with Crippen molar-refractivity contribution in [1.82, 2.24) is 0 Å². The first kappa shape index (κ1) is 31.2. The van der Waals surface area contributed by atoms with Crippen molar-refractivity contribution < 1.29 is 38.5 Å². The number of ether oxygens (including phenoxy) is 3. The van der Waals surface area contributed by atoms with E-state index in [9.17, 15) is 19.2 Å². The van der Waals surface area contributed by atoms with E-state index < -0.39 is 29.1 Å². The molecule has 0 saturated carbocycles. The Kier molecular flexibility index (Phi) is 13.3. The Balaban J connectivity index is 0.000000556. The number of carboxylic acid groups (broad SMARTS) is 1. The third-order valence-corrected chi connectivity index (χ3v) is 4.63. The van der Waals surface area contributed by atoms with E-state index in [2.05, 4.69) is 5.73 Å².